The van der Waals surface area contributed by atoms with E-state index in [9.17, 15) is 29.4 Å². The summed E-state index contributed by atoms with van der Waals surface area (Å²) < 4.78 is 6.99. The smallest absolute Gasteiger partial charge is 0.303 e. The SMILES string of the molecule is Nc1nc2c(ncn2[C@@H]2O[C@H](CNc3c(NCCCC(=O)O)c(=O)c3=O)[C@@H](O)[C@H]2O)c(=O)[nH]1. The number of carboxylic acid groups (broad SMARTS) is 1. The molecule has 3 aromatic rings. The number of aliphatic hydroxyl groups is 2. The number of hydrogen-bond donors (Lipinski definition) is 7. The van der Waals surface area contributed by atoms with Crippen LogP contribution in [0.15, 0.2) is 20.7 Å². The lowest BCUT2D eigenvalue weighted by molar-refractivity contribution is -0.137. The van der Waals surface area contributed by atoms with Gasteiger partial charge in [-0.15, -0.1) is 0 Å². The molecule has 1 aliphatic heterocycles. The summed E-state index contributed by atoms with van der Waals surface area (Å²) in [7, 11) is 0. The largest absolute Gasteiger partial charge is 0.481 e. The van der Waals surface area contributed by atoms with Crippen molar-refractivity contribution in [2.45, 2.75) is 37.4 Å². The van der Waals surface area contributed by atoms with E-state index in [4.69, 9.17) is 15.6 Å². The standard InChI is InChI=1S/C18H21N7O8/c19-18-23-15-10(16(32)24-18)22-5-25(15)17-14(31)11(28)6(33-17)4-21-9-8(12(29)13(9)30)20-3-1-2-7(26)27/h5-6,11,14,17,20-21,28,31H,1-4H2,(H,26,27)(H3,19,23,24,32)/t6-,11-,14-,17-/m1/s1. The Morgan fingerprint density at radius 3 is 2.58 bits per heavy atom. The van der Waals surface area contributed by atoms with Gasteiger partial charge >= 0.3 is 5.97 Å². The number of rotatable bonds is 9. The third kappa shape index (κ3) is 4.04. The molecule has 2 aromatic heterocycles. The molecule has 1 aromatic carbocycles. The summed E-state index contributed by atoms with van der Waals surface area (Å²) in [5.74, 6) is -1.14. The van der Waals surface area contributed by atoms with E-state index >= 15 is 0 Å². The number of aromatic nitrogens is 4. The number of nitrogens with one attached hydrogen (secondary N) is 3. The fourth-order valence-corrected chi connectivity index (χ4v) is 3.64. The van der Waals surface area contributed by atoms with Crippen molar-refractivity contribution in [3.8, 4) is 0 Å². The van der Waals surface area contributed by atoms with Gasteiger partial charge in [0.15, 0.2) is 17.4 Å². The van der Waals surface area contributed by atoms with Crippen molar-refractivity contribution in [2.24, 2.45) is 0 Å². The van der Waals surface area contributed by atoms with Crippen molar-refractivity contribution in [1.29, 1.82) is 0 Å². The predicted octanol–water partition coefficient (Wildman–Crippen LogP) is -2.69. The number of carbonyl (C=O) groups is 1. The Balaban J connectivity index is 1.45. The Hall–Kier alpha value is -3.82. The molecule has 0 radical (unpaired) electrons. The lowest BCUT2D eigenvalue weighted by Crippen LogP contribution is -2.41. The van der Waals surface area contributed by atoms with Crippen LogP contribution in [0.5, 0.6) is 0 Å². The summed E-state index contributed by atoms with van der Waals surface area (Å²) in [6, 6.07) is 0. The average Bonchev–Trinajstić information content (AvgIpc) is 3.30. The minimum absolute atomic E-state index is 0.0156. The van der Waals surface area contributed by atoms with Crippen LogP contribution in [-0.2, 0) is 9.53 Å². The zero-order valence-corrected chi connectivity index (χ0v) is 17.0. The number of hydrogen-bond acceptors (Lipinski definition) is 12. The molecule has 0 saturated carbocycles. The van der Waals surface area contributed by atoms with Crippen LogP contribution in [0.4, 0.5) is 17.3 Å². The number of nitrogens with zero attached hydrogens (tertiary/aromatic N) is 3. The van der Waals surface area contributed by atoms with Crippen molar-refractivity contribution >= 4 is 34.5 Å². The second-order valence-electron chi connectivity index (χ2n) is 7.53. The van der Waals surface area contributed by atoms with Crippen molar-refractivity contribution in [1.82, 2.24) is 19.5 Å². The van der Waals surface area contributed by atoms with Crippen LogP contribution in [0.3, 0.4) is 0 Å². The number of nitrogen functional groups attached to an aromatic ring is 1. The lowest BCUT2D eigenvalue weighted by Gasteiger charge is -2.19. The third-order valence-electron chi connectivity index (χ3n) is 5.32. The van der Waals surface area contributed by atoms with Crippen molar-refractivity contribution < 1.29 is 24.9 Å². The molecule has 1 saturated heterocycles. The third-order valence-corrected chi connectivity index (χ3v) is 5.32. The van der Waals surface area contributed by atoms with Gasteiger partial charge in [-0.25, -0.2) is 4.98 Å². The van der Waals surface area contributed by atoms with E-state index in [0.717, 1.165) is 0 Å². The molecule has 0 aliphatic carbocycles. The number of aromatic amines is 1. The summed E-state index contributed by atoms with van der Waals surface area (Å²) in [5.41, 5.74) is 3.52. The Kier molecular flexibility index (Phi) is 5.84. The highest BCUT2D eigenvalue weighted by atomic mass is 16.6. The van der Waals surface area contributed by atoms with Gasteiger partial charge in [0.05, 0.1) is 6.33 Å². The first-order chi connectivity index (χ1) is 15.7. The molecule has 0 amide bonds. The summed E-state index contributed by atoms with van der Waals surface area (Å²) in [5, 5.41) is 35.0. The molecule has 15 nitrogen and oxygen atoms in total. The molecule has 8 N–H and O–H groups in total. The summed E-state index contributed by atoms with van der Waals surface area (Å²) in [6.07, 6.45) is -3.56. The number of anilines is 3. The fourth-order valence-electron chi connectivity index (χ4n) is 3.64. The molecular formula is C18H21N7O8. The van der Waals surface area contributed by atoms with Gasteiger partial charge in [-0.05, 0) is 6.42 Å². The molecule has 0 unspecified atom stereocenters. The van der Waals surface area contributed by atoms with E-state index in [1.54, 1.807) is 0 Å². The van der Waals surface area contributed by atoms with E-state index in [0.29, 0.717) is 0 Å². The molecule has 15 heteroatoms. The molecule has 4 atom stereocenters. The Morgan fingerprint density at radius 2 is 1.88 bits per heavy atom. The van der Waals surface area contributed by atoms with Gasteiger partial charge in [0.1, 0.15) is 29.7 Å². The zero-order valence-electron chi connectivity index (χ0n) is 17.0. The Bertz CT molecular complexity index is 1320. The molecule has 176 valence electrons. The van der Waals surface area contributed by atoms with Crippen LogP contribution in [0.1, 0.15) is 19.1 Å². The Morgan fingerprint density at radius 1 is 1.18 bits per heavy atom. The van der Waals surface area contributed by atoms with Crippen LogP contribution in [0.2, 0.25) is 0 Å². The van der Waals surface area contributed by atoms with E-state index in [-0.39, 0.29) is 54.4 Å². The van der Waals surface area contributed by atoms with Gasteiger partial charge in [-0.1, -0.05) is 0 Å². The number of aliphatic hydroxyl groups excluding tert-OH is 2. The second kappa shape index (κ2) is 8.61. The van der Waals surface area contributed by atoms with Crippen molar-refractivity contribution in [3.63, 3.8) is 0 Å². The van der Waals surface area contributed by atoms with Gasteiger partial charge in [-0.3, -0.25) is 28.7 Å². The van der Waals surface area contributed by atoms with Crippen LogP contribution in [0, 0.1) is 0 Å². The molecule has 1 fully saturated rings. The van der Waals surface area contributed by atoms with E-state index in [2.05, 4.69) is 25.6 Å². The van der Waals surface area contributed by atoms with Gasteiger partial charge in [0.2, 0.25) is 5.95 Å². The number of aliphatic carboxylic acids is 1. The number of fused-ring (bicyclic) bond motifs is 1. The number of carboxylic acids is 1. The van der Waals surface area contributed by atoms with Crippen LogP contribution in [0.25, 0.3) is 11.2 Å². The molecule has 0 bridgehead atoms. The zero-order chi connectivity index (χ0) is 23.9. The average molecular weight is 463 g/mol. The first kappa shape index (κ1) is 22.4. The molecular weight excluding hydrogens is 442 g/mol. The van der Waals surface area contributed by atoms with Gasteiger partial charge in [0, 0.05) is 19.5 Å². The van der Waals surface area contributed by atoms with Gasteiger partial charge < -0.3 is 36.4 Å². The number of imidazole rings is 1. The van der Waals surface area contributed by atoms with Crippen LogP contribution in [-0.4, -0.2) is 72.2 Å². The van der Waals surface area contributed by atoms with Crippen LogP contribution >= 0.6 is 0 Å². The topological polar surface area (TPSA) is 235 Å². The maximum atomic E-state index is 12.0. The number of H-pyrrole nitrogens is 1. The summed E-state index contributed by atoms with van der Waals surface area (Å²) in [4.78, 5) is 56.5. The van der Waals surface area contributed by atoms with Gasteiger partial charge in [0.25, 0.3) is 16.4 Å². The quantitative estimate of drug-likeness (QED) is 0.127. The van der Waals surface area contributed by atoms with Crippen molar-refractivity contribution in [3.05, 3.63) is 37.1 Å². The fraction of sp³-hybridized carbons (Fsp3) is 0.444. The number of nitrogens with two attached hydrogens (primary N) is 1. The molecule has 1 aliphatic rings. The van der Waals surface area contributed by atoms with Crippen molar-refractivity contribution in [2.75, 3.05) is 29.5 Å². The molecule has 3 heterocycles. The lowest BCUT2D eigenvalue weighted by atomic mass is 10.1. The highest BCUT2D eigenvalue weighted by molar-refractivity contribution is 5.74. The molecule has 0 spiro atoms. The van der Waals surface area contributed by atoms with E-state index in [1.807, 2.05) is 0 Å². The molecule has 33 heavy (non-hydrogen) atoms. The normalized spacial score (nSPS) is 22.7. The maximum Gasteiger partial charge on any atom is 0.303 e. The summed E-state index contributed by atoms with van der Waals surface area (Å²) in [6.45, 7) is 0.0459. The molecule has 4 rings (SSSR count). The first-order valence-electron chi connectivity index (χ1n) is 9.95. The monoisotopic (exact) mass is 463 g/mol. The van der Waals surface area contributed by atoms with Gasteiger partial charge in [-0.2, -0.15) is 4.98 Å². The predicted molar refractivity (Wildman–Crippen MR) is 114 cm³/mol. The Labute approximate surface area is 183 Å². The van der Waals surface area contributed by atoms with E-state index in [1.165, 1.54) is 10.9 Å². The first-order valence-corrected chi connectivity index (χ1v) is 9.95. The summed E-state index contributed by atoms with van der Waals surface area (Å²) >= 11 is 0. The van der Waals surface area contributed by atoms with Crippen LogP contribution < -0.4 is 32.8 Å². The second-order valence-corrected chi connectivity index (χ2v) is 7.53. The minimum atomic E-state index is -1.42. The number of ether oxygens (including phenoxy) is 1. The highest BCUT2D eigenvalue weighted by Crippen LogP contribution is 2.31. The highest BCUT2D eigenvalue weighted by Gasteiger charge is 2.44. The van der Waals surface area contributed by atoms with E-state index < -0.39 is 46.9 Å². The minimum Gasteiger partial charge on any atom is -0.481 e. The maximum absolute atomic E-state index is 12.0.